The predicted octanol–water partition coefficient (Wildman–Crippen LogP) is 1.28. The van der Waals surface area contributed by atoms with Crippen LogP contribution >= 0.6 is 0 Å². The molecule has 1 aliphatic rings. The van der Waals surface area contributed by atoms with Gasteiger partial charge in [-0.1, -0.05) is 6.92 Å². The Kier molecular flexibility index (Phi) is 5.22. The largest absolute Gasteiger partial charge is 0.340 e. The van der Waals surface area contributed by atoms with Crippen LogP contribution in [0.3, 0.4) is 0 Å². The number of amides is 1. The Balaban J connectivity index is 1.53. The van der Waals surface area contributed by atoms with E-state index in [-0.39, 0.29) is 11.8 Å². The molecule has 0 spiro atoms. The van der Waals surface area contributed by atoms with Crippen LogP contribution in [0.1, 0.15) is 29.4 Å². The fraction of sp³-hybridized carbons (Fsp3) is 0.611. The van der Waals surface area contributed by atoms with Gasteiger partial charge in [0.15, 0.2) is 0 Å². The standard InChI is InChI=1S/C18H28N6O/c1-13(9-17-14(2)21-22(4)15(17)3)18(25)24-7-5-23(6-8-24)12-16-10-19-20-11-16/h10-11,13H,5-9,12H2,1-4H3,(H,19,20). The number of nitrogens with zero attached hydrogens (tertiary/aromatic N) is 5. The molecule has 2 aromatic rings. The predicted molar refractivity (Wildman–Crippen MR) is 96.0 cm³/mol. The zero-order valence-corrected chi connectivity index (χ0v) is 15.6. The molecule has 25 heavy (non-hydrogen) atoms. The van der Waals surface area contributed by atoms with Gasteiger partial charge in [0.05, 0.1) is 11.9 Å². The minimum Gasteiger partial charge on any atom is -0.340 e. The Morgan fingerprint density at radius 1 is 1.28 bits per heavy atom. The smallest absolute Gasteiger partial charge is 0.225 e. The van der Waals surface area contributed by atoms with Crippen molar-refractivity contribution in [2.45, 2.75) is 33.7 Å². The summed E-state index contributed by atoms with van der Waals surface area (Å²) in [6.07, 6.45) is 4.55. The van der Waals surface area contributed by atoms with Gasteiger partial charge in [0.25, 0.3) is 0 Å². The van der Waals surface area contributed by atoms with Gasteiger partial charge in [-0.05, 0) is 25.8 Å². The van der Waals surface area contributed by atoms with Gasteiger partial charge in [-0.2, -0.15) is 10.2 Å². The number of carbonyl (C=O) groups excluding carboxylic acids is 1. The van der Waals surface area contributed by atoms with Crippen molar-refractivity contribution in [1.29, 1.82) is 0 Å². The summed E-state index contributed by atoms with van der Waals surface area (Å²) in [7, 11) is 1.96. The first-order valence-corrected chi connectivity index (χ1v) is 8.93. The summed E-state index contributed by atoms with van der Waals surface area (Å²) in [5.74, 6) is 0.243. The van der Waals surface area contributed by atoms with Gasteiger partial charge in [0, 0.05) is 63.1 Å². The van der Waals surface area contributed by atoms with Crippen molar-refractivity contribution in [3.8, 4) is 0 Å². The average Bonchev–Trinajstić information content (AvgIpc) is 3.19. The van der Waals surface area contributed by atoms with E-state index in [0.717, 1.165) is 50.5 Å². The van der Waals surface area contributed by atoms with E-state index in [2.05, 4.69) is 27.1 Å². The number of piperazine rings is 1. The van der Waals surface area contributed by atoms with Crippen LogP contribution in [-0.4, -0.2) is 61.9 Å². The normalized spacial score (nSPS) is 17.0. The molecule has 1 fully saturated rings. The third-order valence-corrected chi connectivity index (χ3v) is 5.24. The molecular weight excluding hydrogens is 316 g/mol. The molecule has 1 unspecified atom stereocenters. The first-order chi connectivity index (χ1) is 12.0. The summed E-state index contributed by atoms with van der Waals surface area (Å²) in [5.41, 5.74) is 4.59. The van der Waals surface area contributed by atoms with E-state index in [1.165, 1.54) is 11.1 Å². The number of hydrogen-bond acceptors (Lipinski definition) is 4. The van der Waals surface area contributed by atoms with Crippen LogP contribution in [-0.2, 0) is 24.8 Å². The number of hydrogen-bond donors (Lipinski definition) is 1. The van der Waals surface area contributed by atoms with Gasteiger partial charge in [0.2, 0.25) is 5.91 Å². The molecule has 0 saturated carbocycles. The Labute approximate surface area is 149 Å². The molecule has 7 heteroatoms. The first-order valence-electron chi connectivity index (χ1n) is 8.93. The Morgan fingerprint density at radius 3 is 2.56 bits per heavy atom. The van der Waals surface area contributed by atoms with Gasteiger partial charge in [-0.25, -0.2) is 0 Å². The molecule has 0 aliphatic carbocycles. The van der Waals surface area contributed by atoms with E-state index >= 15 is 0 Å². The minimum atomic E-state index is -0.0120. The van der Waals surface area contributed by atoms with Crippen molar-refractivity contribution >= 4 is 5.91 Å². The Bertz CT molecular complexity index is 712. The molecule has 1 aliphatic heterocycles. The quantitative estimate of drug-likeness (QED) is 0.887. The number of H-pyrrole nitrogens is 1. The molecule has 3 rings (SSSR count). The van der Waals surface area contributed by atoms with Gasteiger partial charge in [-0.15, -0.1) is 0 Å². The maximum atomic E-state index is 12.8. The molecule has 0 radical (unpaired) electrons. The summed E-state index contributed by atoms with van der Waals surface area (Å²) in [6, 6.07) is 0. The molecule has 1 amide bonds. The minimum absolute atomic E-state index is 0.0120. The summed E-state index contributed by atoms with van der Waals surface area (Å²) < 4.78 is 1.90. The molecule has 7 nitrogen and oxygen atoms in total. The highest BCUT2D eigenvalue weighted by Gasteiger charge is 2.26. The molecule has 3 heterocycles. The van der Waals surface area contributed by atoms with Crippen LogP contribution < -0.4 is 0 Å². The lowest BCUT2D eigenvalue weighted by atomic mass is 9.98. The SMILES string of the molecule is Cc1nn(C)c(C)c1CC(C)C(=O)N1CCN(Cc2cn[nH]c2)CC1. The van der Waals surface area contributed by atoms with E-state index in [4.69, 9.17) is 0 Å². The maximum absolute atomic E-state index is 12.8. The van der Waals surface area contributed by atoms with Gasteiger partial charge in [-0.3, -0.25) is 19.5 Å². The lowest BCUT2D eigenvalue weighted by Gasteiger charge is -2.35. The molecule has 1 saturated heterocycles. The van der Waals surface area contributed by atoms with E-state index < -0.39 is 0 Å². The number of rotatable bonds is 5. The molecule has 0 aromatic carbocycles. The monoisotopic (exact) mass is 344 g/mol. The first kappa shape index (κ1) is 17.7. The van der Waals surface area contributed by atoms with Crippen molar-refractivity contribution < 1.29 is 4.79 Å². The average molecular weight is 344 g/mol. The van der Waals surface area contributed by atoms with Crippen LogP contribution in [0.5, 0.6) is 0 Å². The van der Waals surface area contributed by atoms with Crippen molar-refractivity contribution in [2.24, 2.45) is 13.0 Å². The van der Waals surface area contributed by atoms with Gasteiger partial charge in [0.1, 0.15) is 0 Å². The van der Waals surface area contributed by atoms with Crippen LogP contribution in [0.25, 0.3) is 0 Å². The second kappa shape index (κ2) is 7.39. The summed E-state index contributed by atoms with van der Waals surface area (Å²) >= 11 is 0. The number of carbonyl (C=O) groups is 1. The number of aromatic nitrogens is 4. The van der Waals surface area contributed by atoms with E-state index in [9.17, 15) is 4.79 Å². The van der Waals surface area contributed by atoms with Crippen LogP contribution in [0.2, 0.25) is 0 Å². The number of aryl methyl sites for hydroxylation is 2. The van der Waals surface area contributed by atoms with Crippen LogP contribution in [0.4, 0.5) is 0 Å². The van der Waals surface area contributed by atoms with Crippen molar-refractivity contribution in [2.75, 3.05) is 26.2 Å². The summed E-state index contributed by atoms with van der Waals surface area (Å²) in [6.45, 7) is 10.4. The lowest BCUT2D eigenvalue weighted by molar-refractivity contribution is -0.136. The van der Waals surface area contributed by atoms with E-state index in [0.29, 0.717) is 0 Å². The molecular formula is C18H28N6O. The van der Waals surface area contributed by atoms with Crippen molar-refractivity contribution in [3.63, 3.8) is 0 Å². The van der Waals surface area contributed by atoms with E-state index in [1.807, 2.05) is 42.9 Å². The zero-order valence-electron chi connectivity index (χ0n) is 15.6. The van der Waals surface area contributed by atoms with Crippen LogP contribution in [0, 0.1) is 19.8 Å². The van der Waals surface area contributed by atoms with Gasteiger partial charge < -0.3 is 4.90 Å². The highest BCUT2D eigenvalue weighted by Crippen LogP contribution is 2.19. The highest BCUT2D eigenvalue weighted by molar-refractivity contribution is 5.79. The number of nitrogens with one attached hydrogen (secondary N) is 1. The molecule has 1 N–H and O–H groups in total. The van der Waals surface area contributed by atoms with Crippen molar-refractivity contribution in [3.05, 3.63) is 34.9 Å². The van der Waals surface area contributed by atoms with Gasteiger partial charge >= 0.3 is 0 Å². The summed E-state index contributed by atoms with van der Waals surface area (Å²) in [4.78, 5) is 17.2. The van der Waals surface area contributed by atoms with Crippen molar-refractivity contribution in [1.82, 2.24) is 29.8 Å². The topological polar surface area (TPSA) is 70.1 Å². The molecule has 2 aromatic heterocycles. The molecule has 136 valence electrons. The Hall–Kier alpha value is -2.15. The Morgan fingerprint density at radius 2 is 2.00 bits per heavy atom. The second-order valence-electron chi connectivity index (χ2n) is 7.09. The third kappa shape index (κ3) is 3.92. The van der Waals surface area contributed by atoms with E-state index in [1.54, 1.807) is 0 Å². The highest BCUT2D eigenvalue weighted by atomic mass is 16.2. The molecule has 0 bridgehead atoms. The summed E-state index contributed by atoms with van der Waals surface area (Å²) in [5, 5.41) is 11.3. The van der Waals surface area contributed by atoms with Crippen LogP contribution in [0.15, 0.2) is 12.4 Å². The fourth-order valence-electron chi connectivity index (χ4n) is 3.57. The maximum Gasteiger partial charge on any atom is 0.225 e. The third-order valence-electron chi connectivity index (χ3n) is 5.24. The second-order valence-corrected chi connectivity index (χ2v) is 7.09. The molecule has 1 atom stereocenters. The number of aromatic amines is 1. The fourth-order valence-corrected chi connectivity index (χ4v) is 3.57. The zero-order chi connectivity index (χ0) is 18.0. The lowest BCUT2D eigenvalue weighted by Crippen LogP contribution is -2.49.